The number of hydrogen-bond donors (Lipinski definition) is 2. The molecule has 1 aliphatic heterocycles. The van der Waals surface area contributed by atoms with Crippen LogP contribution in [0, 0.1) is 11.8 Å². The molecular weight excluding hydrogens is 376 g/mol. The average Bonchev–Trinajstić information content (AvgIpc) is 2.66. The summed E-state index contributed by atoms with van der Waals surface area (Å²) < 4.78 is 33.8. The molecule has 2 atom stereocenters. The van der Waals surface area contributed by atoms with Crippen molar-refractivity contribution in [2.75, 3.05) is 11.3 Å². The van der Waals surface area contributed by atoms with Crippen LogP contribution < -0.4 is 15.2 Å². The van der Waals surface area contributed by atoms with Crippen LogP contribution in [0.5, 0.6) is 5.75 Å². The Labute approximate surface area is 166 Å². The summed E-state index contributed by atoms with van der Waals surface area (Å²) in [6.07, 6.45) is 0.609. The van der Waals surface area contributed by atoms with Gasteiger partial charge in [-0.1, -0.05) is 32.9 Å². The summed E-state index contributed by atoms with van der Waals surface area (Å²) in [5, 5.41) is 0. The Kier molecular flexibility index (Phi) is 5.65. The average molecular weight is 403 g/mol. The summed E-state index contributed by atoms with van der Waals surface area (Å²) in [4.78, 5) is 11.7. The van der Waals surface area contributed by atoms with Gasteiger partial charge < -0.3 is 10.5 Å². The van der Waals surface area contributed by atoms with E-state index in [0.717, 1.165) is 11.1 Å². The van der Waals surface area contributed by atoms with Crippen LogP contribution in [0.3, 0.4) is 0 Å². The molecular formula is C21H26N2O4S. The first-order chi connectivity index (χ1) is 13.2. The Balaban J connectivity index is 1.80. The lowest BCUT2D eigenvalue weighted by atomic mass is 9.86. The van der Waals surface area contributed by atoms with Gasteiger partial charge in [0.05, 0.1) is 11.5 Å². The minimum atomic E-state index is -3.69. The number of primary amides is 1. The Bertz CT molecular complexity index is 968. The number of benzene rings is 2. The number of carbonyl (C=O) groups excluding carboxylic acids is 1. The second-order valence-corrected chi connectivity index (χ2v) is 9.30. The Morgan fingerprint density at radius 3 is 2.43 bits per heavy atom. The Hall–Kier alpha value is -2.54. The van der Waals surface area contributed by atoms with E-state index in [9.17, 15) is 13.2 Å². The smallest absolute Gasteiger partial charge is 0.261 e. The third kappa shape index (κ3) is 4.30. The highest BCUT2D eigenvalue weighted by Crippen LogP contribution is 2.33. The van der Waals surface area contributed by atoms with Crippen LogP contribution in [0.25, 0.3) is 0 Å². The van der Waals surface area contributed by atoms with Crippen molar-refractivity contribution in [2.45, 2.75) is 38.0 Å². The molecule has 3 N–H and O–H groups in total. The number of ether oxygens (including phenoxy) is 1. The number of sulfonamides is 1. The van der Waals surface area contributed by atoms with Crippen molar-refractivity contribution in [1.29, 1.82) is 0 Å². The molecule has 3 rings (SSSR count). The van der Waals surface area contributed by atoms with Crippen LogP contribution >= 0.6 is 0 Å². The summed E-state index contributed by atoms with van der Waals surface area (Å²) in [6, 6.07) is 12.1. The lowest BCUT2D eigenvalue weighted by Gasteiger charge is -2.28. The second-order valence-electron chi connectivity index (χ2n) is 7.62. The van der Waals surface area contributed by atoms with Gasteiger partial charge in [0.2, 0.25) is 5.91 Å². The normalized spacial score (nSPS) is 17.5. The molecule has 0 radical (unpaired) electrons. The van der Waals surface area contributed by atoms with E-state index in [0.29, 0.717) is 30.4 Å². The SMILES string of the molecule is CC(C)c1ccc(S(=O)(=O)Nc2ccc3c(c2)CC(C(C)C(N)=O)CO3)cc1. The van der Waals surface area contributed by atoms with Crippen molar-refractivity contribution in [1.82, 2.24) is 0 Å². The van der Waals surface area contributed by atoms with Gasteiger partial charge in [-0.15, -0.1) is 0 Å². The number of anilines is 1. The molecule has 2 unspecified atom stereocenters. The van der Waals surface area contributed by atoms with Crippen molar-refractivity contribution < 1.29 is 17.9 Å². The molecule has 0 fully saturated rings. The molecule has 2 aromatic carbocycles. The zero-order valence-corrected chi connectivity index (χ0v) is 17.1. The monoisotopic (exact) mass is 402 g/mol. The van der Waals surface area contributed by atoms with Gasteiger partial charge in [0.15, 0.2) is 0 Å². The minimum Gasteiger partial charge on any atom is -0.493 e. The van der Waals surface area contributed by atoms with Gasteiger partial charge in [0.25, 0.3) is 10.0 Å². The predicted octanol–water partition coefficient (Wildman–Crippen LogP) is 3.28. The molecule has 0 bridgehead atoms. The third-order valence-corrected chi connectivity index (χ3v) is 6.66. The van der Waals surface area contributed by atoms with Gasteiger partial charge in [0, 0.05) is 17.5 Å². The van der Waals surface area contributed by atoms with Gasteiger partial charge in [-0.05, 0) is 53.8 Å². The van der Waals surface area contributed by atoms with Gasteiger partial charge >= 0.3 is 0 Å². The number of nitrogens with one attached hydrogen (secondary N) is 1. The van der Waals surface area contributed by atoms with E-state index in [4.69, 9.17) is 10.5 Å². The van der Waals surface area contributed by atoms with E-state index in [2.05, 4.69) is 18.6 Å². The summed E-state index contributed by atoms with van der Waals surface area (Å²) in [6.45, 7) is 6.33. The van der Waals surface area contributed by atoms with Gasteiger partial charge in [-0.2, -0.15) is 0 Å². The molecule has 0 spiro atoms. The Morgan fingerprint density at radius 1 is 1.14 bits per heavy atom. The maximum atomic E-state index is 12.7. The van der Waals surface area contributed by atoms with Crippen LogP contribution in [0.4, 0.5) is 5.69 Å². The number of amides is 1. The number of carbonyl (C=O) groups is 1. The molecule has 0 aromatic heterocycles. The maximum absolute atomic E-state index is 12.7. The first kappa shape index (κ1) is 20.2. The zero-order valence-electron chi connectivity index (χ0n) is 16.3. The highest BCUT2D eigenvalue weighted by atomic mass is 32.2. The van der Waals surface area contributed by atoms with Crippen LogP contribution in [0.15, 0.2) is 47.4 Å². The number of hydrogen-bond acceptors (Lipinski definition) is 4. The molecule has 1 heterocycles. The molecule has 0 saturated heterocycles. The summed E-state index contributed by atoms with van der Waals surface area (Å²) in [7, 11) is -3.69. The van der Waals surface area contributed by atoms with Crippen molar-refractivity contribution in [3.8, 4) is 5.75 Å². The first-order valence-corrected chi connectivity index (χ1v) is 10.8. The second kappa shape index (κ2) is 7.83. The first-order valence-electron chi connectivity index (χ1n) is 9.35. The quantitative estimate of drug-likeness (QED) is 0.775. The number of fused-ring (bicyclic) bond motifs is 1. The van der Waals surface area contributed by atoms with Crippen molar-refractivity contribution in [3.05, 3.63) is 53.6 Å². The molecule has 0 aliphatic carbocycles. The third-order valence-electron chi connectivity index (χ3n) is 5.26. The van der Waals surface area contributed by atoms with E-state index in [1.807, 2.05) is 12.1 Å². The van der Waals surface area contributed by atoms with Crippen LogP contribution in [0.2, 0.25) is 0 Å². The maximum Gasteiger partial charge on any atom is 0.261 e. The lowest BCUT2D eigenvalue weighted by Crippen LogP contribution is -2.34. The summed E-state index contributed by atoms with van der Waals surface area (Å²) in [5.74, 6) is 0.338. The van der Waals surface area contributed by atoms with E-state index in [1.54, 1.807) is 37.3 Å². The van der Waals surface area contributed by atoms with Crippen LogP contribution in [0.1, 0.15) is 37.8 Å². The highest BCUT2D eigenvalue weighted by molar-refractivity contribution is 7.92. The molecule has 2 aromatic rings. The molecule has 6 nitrogen and oxygen atoms in total. The van der Waals surface area contributed by atoms with Gasteiger partial charge in [-0.25, -0.2) is 8.42 Å². The van der Waals surface area contributed by atoms with E-state index in [1.165, 1.54) is 0 Å². The Morgan fingerprint density at radius 2 is 1.82 bits per heavy atom. The molecule has 1 amide bonds. The number of rotatable bonds is 6. The summed E-state index contributed by atoms with van der Waals surface area (Å²) >= 11 is 0. The highest BCUT2D eigenvalue weighted by Gasteiger charge is 2.28. The zero-order chi connectivity index (χ0) is 20.5. The topological polar surface area (TPSA) is 98.5 Å². The molecule has 1 aliphatic rings. The minimum absolute atomic E-state index is 0.0274. The molecule has 28 heavy (non-hydrogen) atoms. The van der Waals surface area contributed by atoms with Crippen molar-refractivity contribution in [2.24, 2.45) is 17.6 Å². The fraction of sp³-hybridized carbons (Fsp3) is 0.381. The van der Waals surface area contributed by atoms with Crippen molar-refractivity contribution >= 4 is 21.6 Å². The molecule has 0 saturated carbocycles. The predicted molar refractivity (Wildman–Crippen MR) is 109 cm³/mol. The van der Waals surface area contributed by atoms with Crippen LogP contribution in [-0.4, -0.2) is 20.9 Å². The fourth-order valence-electron chi connectivity index (χ4n) is 3.28. The van der Waals surface area contributed by atoms with Gasteiger partial charge in [0.1, 0.15) is 5.75 Å². The van der Waals surface area contributed by atoms with E-state index >= 15 is 0 Å². The lowest BCUT2D eigenvalue weighted by molar-refractivity contribution is -0.123. The van der Waals surface area contributed by atoms with Gasteiger partial charge in [-0.3, -0.25) is 9.52 Å². The summed E-state index contributed by atoms with van der Waals surface area (Å²) in [5.41, 5.74) is 7.81. The largest absolute Gasteiger partial charge is 0.493 e. The van der Waals surface area contributed by atoms with Crippen LogP contribution in [-0.2, 0) is 21.2 Å². The van der Waals surface area contributed by atoms with Crippen molar-refractivity contribution in [3.63, 3.8) is 0 Å². The van der Waals surface area contributed by atoms with E-state index < -0.39 is 10.0 Å². The standard InChI is InChI=1S/C21H26N2O4S/c1-13(2)15-4-7-19(8-5-15)28(25,26)23-18-6-9-20-16(11-18)10-17(12-27-20)14(3)21(22)24/h4-9,11,13-14,17,23H,10,12H2,1-3H3,(H2,22,24). The molecule has 150 valence electrons. The fourth-order valence-corrected chi connectivity index (χ4v) is 4.33. The molecule has 7 heteroatoms. The van der Waals surface area contributed by atoms with E-state index in [-0.39, 0.29) is 22.6 Å². The number of nitrogens with two attached hydrogens (primary N) is 1.